The van der Waals surface area contributed by atoms with Crippen LogP contribution in [0.1, 0.15) is 44.9 Å². The van der Waals surface area contributed by atoms with Gasteiger partial charge in [-0.1, -0.05) is 42.0 Å². The second kappa shape index (κ2) is 8.67. The molecule has 4 nitrogen and oxygen atoms in total. The van der Waals surface area contributed by atoms with Crippen LogP contribution in [0, 0.1) is 20.8 Å². The molecule has 1 N–H and O–H groups in total. The normalized spacial score (nSPS) is 10.8. The Morgan fingerprint density at radius 2 is 1.78 bits per heavy atom. The summed E-state index contributed by atoms with van der Waals surface area (Å²) in [5.41, 5.74) is 6.59. The molecule has 3 rings (SSSR count). The van der Waals surface area contributed by atoms with Crippen molar-refractivity contribution >= 4 is 5.91 Å². The third kappa shape index (κ3) is 5.30. The predicted molar refractivity (Wildman–Crippen MR) is 109 cm³/mol. The van der Waals surface area contributed by atoms with Crippen LogP contribution in [0.5, 0.6) is 0 Å². The van der Waals surface area contributed by atoms with Gasteiger partial charge in [0.2, 0.25) is 0 Å². The monoisotopic (exact) mass is 361 g/mol. The van der Waals surface area contributed by atoms with Crippen LogP contribution in [0.3, 0.4) is 0 Å². The zero-order valence-electron chi connectivity index (χ0n) is 16.3. The molecule has 3 aromatic rings. The highest BCUT2D eigenvalue weighted by molar-refractivity contribution is 5.94. The largest absolute Gasteiger partial charge is 0.352 e. The first-order valence-electron chi connectivity index (χ1n) is 9.45. The van der Waals surface area contributed by atoms with E-state index in [0.29, 0.717) is 12.1 Å². The quantitative estimate of drug-likeness (QED) is 0.641. The van der Waals surface area contributed by atoms with Crippen LogP contribution >= 0.6 is 0 Å². The zero-order chi connectivity index (χ0) is 19.2. The van der Waals surface area contributed by atoms with Crippen LogP contribution < -0.4 is 5.32 Å². The van der Waals surface area contributed by atoms with Crippen LogP contribution in [0.25, 0.3) is 0 Å². The van der Waals surface area contributed by atoms with Crippen molar-refractivity contribution in [1.29, 1.82) is 0 Å². The van der Waals surface area contributed by atoms with Crippen molar-refractivity contribution in [2.75, 3.05) is 6.54 Å². The smallest absolute Gasteiger partial charge is 0.251 e. The lowest BCUT2D eigenvalue weighted by Gasteiger charge is -2.08. The van der Waals surface area contributed by atoms with Gasteiger partial charge in [-0.05, 0) is 62.9 Å². The standard InChI is InChI=1S/C23H27N3O/c1-17-6-4-7-20(14-17)8-5-13-24-23(27)22-11-9-21(10-12-22)16-26-19(3)15-18(2)25-26/h4,6-7,9-12,14-15H,5,8,13,16H2,1-3H3,(H,24,27). The molecule has 0 aliphatic rings. The maximum absolute atomic E-state index is 12.3. The van der Waals surface area contributed by atoms with Crippen molar-refractivity contribution in [2.24, 2.45) is 0 Å². The molecule has 0 aliphatic heterocycles. The van der Waals surface area contributed by atoms with Crippen molar-refractivity contribution in [1.82, 2.24) is 15.1 Å². The molecule has 0 aliphatic carbocycles. The van der Waals surface area contributed by atoms with Crippen molar-refractivity contribution in [2.45, 2.75) is 40.2 Å². The van der Waals surface area contributed by atoms with E-state index in [0.717, 1.165) is 36.3 Å². The van der Waals surface area contributed by atoms with E-state index in [2.05, 4.69) is 54.6 Å². The summed E-state index contributed by atoms with van der Waals surface area (Å²) in [6.07, 6.45) is 1.91. The van der Waals surface area contributed by atoms with E-state index >= 15 is 0 Å². The fraction of sp³-hybridized carbons (Fsp3) is 0.304. The van der Waals surface area contributed by atoms with Crippen molar-refractivity contribution in [3.05, 3.63) is 88.2 Å². The lowest BCUT2D eigenvalue weighted by Crippen LogP contribution is -2.24. The van der Waals surface area contributed by atoms with Gasteiger partial charge in [0.25, 0.3) is 5.91 Å². The summed E-state index contributed by atoms with van der Waals surface area (Å²) < 4.78 is 1.98. The minimum Gasteiger partial charge on any atom is -0.352 e. The fourth-order valence-electron chi connectivity index (χ4n) is 3.23. The average Bonchev–Trinajstić information content (AvgIpc) is 2.96. The molecule has 2 aromatic carbocycles. The fourth-order valence-corrected chi connectivity index (χ4v) is 3.23. The first-order valence-corrected chi connectivity index (χ1v) is 9.45. The van der Waals surface area contributed by atoms with Gasteiger partial charge in [-0.2, -0.15) is 5.10 Å². The van der Waals surface area contributed by atoms with E-state index in [1.807, 2.05) is 35.9 Å². The first-order chi connectivity index (χ1) is 13.0. The van der Waals surface area contributed by atoms with Gasteiger partial charge in [0, 0.05) is 17.8 Å². The van der Waals surface area contributed by atoms with Crippen LogP contribution in [-0.2, 0) is 13.0 Å². The van der Waals surface area contributed by atoms with Crippen molar-refractivity contribution < 1.29 is 4.79 Å². The Morgan fingerprint density at radius 1 is 1.00 bits per heavy atom. The van der Waals surface area contributed by atoms with Crippen LogP contribution in [0.4, 0.5) is 0 Å². The molecule has 0 radical (unpaired) electrons. The van der Waals surface area contributed by atoms with E-state index in [4.69, 9.17) is 0 Å². The molecule has 1 amide bonds. The Hall–Kier alpha value is -2.88. The molecule has 0 atom stereocenters. The van der Waals surface area contributed by atoms with E-state index in [-0.39, 0.29) is 5.91 Å². The van der Waals surface area contributed by atoms with Gasteiger partial charge in [-0.25, -0.2) is 0 Å². The van der Waals surface area contributed by atoms with Crippen LogP contribution in [0.2, 0.25) is 0 Å². The summed E-state index contributed by atoms with van der Waals surface area (Å²) in [7, 11) is 0. The van der Waals surface area contributed by atoms with Crippen LogP contribution in [-0.4, -0.2) is 22.2 Å². The Bertz CT molecular complexity index is 910. The number of carbonyl (C=O) groups excluding carboxylic acids is 1. The number of hydrogen-bond acceptors (Lipinski definition) is 2. The molecule has 1 aromatic heterocycles. The minimum absolute atomic E-state index is 0.0168. The van der Waals surface area contributed by atoms with E-state index in [9.17, 15) is 4.79 Å². The van der Waals surface area contributed by atoms with E-state index in [1.54, 1.807) is 0 Å². The highest BCUT2D eigenvalue weighted by Crippen LogP contribution is 2.10. The van der Waals surface area contributed by atoms with Gasteiger partial charge < -0.3 is 5.32 Å². The summed E-state index contributed by atoms with van der Waals surface area (Å²) in [4.78, 5) is 12.3. The molecule has 140 valence electrons. The number of nitrogens with one attached hydrogen (secondary N) is 1. The second-order valence-corrected chi connectivity index (χ2v) is 7.13. The summed E-state index contributed by atoms with van der Waals surface area (Å²) >= 11 is 0. The van der Waals surface area contributed by atoms with Crippen LogP contribution in [0.15, 0.2) is 54.6 Å². The predicted octanol–water partition coefficient (Wildman–Crippen LogP) is 4.22. The minimum atomic E-state index is -0.0168. The number of aromatic nitrogens is 2. The number of hydrogen-bond donors (Lipinski definition) is 1. The number of amides is 1. The zero-order valence-corrected chi connectivity index (χ0v) is 16.3. The highest BCUT2D eigenvalue weighted by Gasteiger charge is 2.06. The molecule has 0 fully saturated rings. The lowest BCUT2D eigenvalue weighted by atomic mass is 10.1. The Balaban J connectivity index is 1.48. The topological polar surface area (TPSA) is 46.9 Å². The van der Waals surface area contributed by atoms with Gasteiger partial charge in [-0.15, -0.1) is 0 Å². The maximum atomic E-state index is 12.3. The lowest BCUT2D eigenvalue weighted by molar-refractivity contribution is 0.0953. The van der Waals surface area contributed by atoms with Gasteiger partial charge in [0.15, 0.2) is 0 Å². The van der Waals surface area contributed by atoms with Crippen molar-refractivity contribution in [3.63, 3.8) is 0 Å². The van der Waals surface area contributed by atoms with E-state index in [1.165, 1.54) is 11.1 Å². The second-order valence-electron chi connectivity index (χ2n) is 7.13. The van der Waals surface area contributed by atoms with E-state index < -0.39 is 0 Å². The molecule has 0 spiro atoms. The van der Waals surface area contributed by atoms with Gasteiger partial charge in [-0.3, -0.25) is 9.48 Å². The number of aryl methyl sites for hydroxylation is 4. The molecule has 0 saturated carbocycles. The number of carbonyl (C=O) groups is 1. The van der Waals surface area contributed by atoms with Gasteiger partial charge in [0.1, 0.15) is 0 Å². The summed E-state index contributed by atoms with van der Waals surface area (Å²) in [5, 5.41) is 7.49. The summed E-state index contributed by atoms with van der Waals surface area (Å²) in [6.45, 7) is 7.55. The Labute approximate surface area is 161 Å². The molecule has 4 heteroatoms. The van der Waals surface area contributed by atoms with Gasteiger partial charge in [0.05, 0.1) is 12.2 Å². The number of benzene rings is 2. The Morgan fingerprint density at radius 3 is 2.44 bits per heavy atom. The SMILES string of the molecule is Cc1cccc(CCCNC(=O)c2ccc(Cn3nc(C)cc3C)cc2)c1. The number of rotatable bonds is 7. The molecular weight excluding hydrogens is 334 g/mol. The maximum Gasteiger partial charge on any atom is 0.251 e. The average molecular weight is 361 g/mol. The molecule has 0 saturated heterocycles. The van der Waals surface area contributed by atoms with Crippen molar-refractivity contribution in [3.8, 4) is 0 Å². The molecule has 27 heavy (non-hydrogen) atoms. The molecule has 1 heterocycles. The Kier molecular flexibility index (Phi) is 6.07. The molecule has 0 unspecified atom stereocenters. The third-order valence-corrected chi connectivity index (χ3v) is 4.66. The molecule has 0 bridgehead atoms. The highest BCUT2D eigenvalue weighted by atomic mass is 16.1. The third-order valence-electron chi connectivity index (χ3n) is 4.66. The summed E-state index contributed by atoms with van der Waals surface area (Å²) in [6, 6.07) is 18.4. The number of nitrogens with zero attached hydrogens (tertiary/aromatic N) is 2. The van der Waals surface area contributed by atoms with Gasteiger partial charge >= 0.3 is 0 Å². The summed E-state index contributed by atoms with van der Waals surface area (Å²) in [5.74, 6) is -0.0168. The molecular formula is C23H27N3O. The first kappa shape index (κ1) is 18.9.